The molecule has 0 radical (unpaired) electrons. The lowest BCUT2D eigenvalue weighted by Gasteiger charge is -2.20. The minimum atomic E-state index is -0.278. The molecule has 5 nitrogen and oxygen atoms in total. The SMILES string of the molecule is Cc1ccc(C=NNC(=O)c2ccc(NC(=O)C3CCCCC3)cc2)s1. The second-order valence-corrected chi connectivity index (χ2v) is 7.87. The predicted octanol–water partition coefficient (Wildman–Crippen LogP) is 4.34. The van der Waals surface area contributed by atoms with Gasteiger partial charge in [-0.15, -0.1) is 11.3 Å². The van der Waals surface area contributed by atoms with E-state index in [1.165, 1.54) is 11.3 Å². The number of carbonyl (C=O) groups excluding carboxylic acids is 2. The molecule has 1 aromatic heterocycles. The lowest BCUT2D eigenvalue weighted by molar-refractivity contribution is -0.120. The third kappa shape index (κ3) is 5.02. The van der Waals surface area contributed by atoms with Gasteiger partial charge in [0.05, 0.1) is 6.21 Å². The Hall–Kier alpha value is -2.47. The molecule has 0 bridgehead atoms. The second kappa shape index (κ2) is 8.76. The van der Waals surface area contributed by atoms with Crippen molar-refractivity contribution in [2.45, 2.75) is 39.0 Å². The predicted molar refractivity (Wildman–Crippen MR) is 106 cm³/mol. The Labute approximate surface area is 157 Å². The first-order valence-corrected chi connectivity index (χ1v) is 9.74. The van der Waals surface area contributed by atoms with Gasteiger partial charge in [0.15, 0.2) is 0 Å². The van der Waals surface area contributed by atoms with Crippen molar-refractivity contribution in [1.29, 1.82) is 0 Å². The number of anilines is 1. The first-order chi connectivity index (χ1) is 12.6. The van der Waals surface area contributed by atoms with Crippen molar-refractivity contribution in [3.63, 3.8) is 0 Å². The van der Waals surface area contributed by atoms with Gasteiger partial charge in [0.25, 0.3) is 5.91 Å². The molecule has 136 valence electrons. The molecular weight excluding hydrogens is 346 g/mol. The summed E-state index contributed by atoms with van der Waals surface area (Å²) in [6.07, 6.45) is 7.05. The Morgan fingerprint density at radius 2 is 1.81 bits per heavy atom. The fraction of sp³-hybridized carbons (Fsp3) is 0.350. The first-order valence-electron chi connectivity index (χ1n) is 8.92. The number of hydrazone groups is 1. The maximum atomic E-state index is 12.3. The minimum Gasteiger partial charge on any atom is -0.326 e. The number of hydrogen-bond donors (Lipinski definition) is 2. The maximum absolute atomic E-state index is 12.3. The lowest BCUT2D eigenvalue weighted by atomic mass is 9.88. The van der Waals surface area contributed by atoms with Gasteiger partial charge in [0.1, 0.15) is 0 Å². The number of nitrogens with zero attached hydrogens (tertiary/aromatic N) is 1. The summed E-state index contributed by atoms with van der Waals surface area (Å²) < 4.78 is 0. The Morgan fingerprint density at radius 3 is 2.46 bits per heavy atom. The van der Waals surface area contributed by atoms with Crippen LogP contribution in [0.1, 0.15) is 52.2 Å². The van der Waals surface area contributed by atoms with E-state index in [9.17, 15) is 9.59 Å². The minimum absolute atomic E-state index is 0.0812. The highest BCUT2D eigenvalue weighted by molar-refractivity contribution is 7.13. The smallest absolute Gasteiger partial charge is 0.271 e. The molecule has 0 aliphatic heterocycles. The van der Waals surface area contributed by atoms with Gasteiger partial charge in [-0.05, 0) is 56.2 Å². The van der Waals surface area contributed by atoms with Crippen LogP contribution in [0.4, 0.5) is 5.69 Å². The fourth-order valence-electron chi connectivity index (χ4n) is 3.06. The van der Waals surface area contributed by atoms with Gasteiger partial charge in [0, 0.05) is 26.9 Å². The van der Waals surface area contributed by atoms with Crippen LogP contribution in [0.5, 0.6) is 0 Å². The molecule has 1 heterocycles. The van der Waals surface area contributed by atoms with Crippen LogP contribution in [0.3, 0.4) is 0 Å². The second-order valence-electron chi connectivity index (χ2n) is 6.55. The van der Waals surface area contributed by atoms with Crippen molar-refractivity contribution in [2.24, 2.45) is 11.0 Å². The standard InChI is InChI=1S/C20H23N3O2S/c1-14-7-12-18(26-14)13-21-23-20(25)16-8-10-17(11-9-16)22-19(24)15-5-3-2-4-6-15/h7-13,15H,2-6H2,1H3,(H,22,24)(H,23,25). The summed E-state index contributed by atoms with van der Waals surface area (Å²) in [5.41, 5.74) is 3.74. The first kappa shape index (κ1) is 18.3. The summed E-state index contributed by atoms with van der Waals surface area (Å²) in [4.78, 5) is 26.6. The highest BCUT2D eigenvalue weighted by Gasteiger charge is 2.21. The van der Waals surface area contributed by atoms with Crippen molar-refractivity contribution in [1.82, 2.24) is 5.43 Å². The van der Waals surface area contributed by atoms with Crippen LogP contribution in [-0.4, -0.2) is 18.0 Å². The summed E-state index contributed by atoms with van der Waals surface area (Å²) >= 11 is 1.61. The van der Waals surface area contributed by atoms with Crippen molar-refractivity contribution >= 4 is 35.1 Å². The number of thiophene rings is 1. The molecule has 26 heavy (non-hydrogen) atoms. The van der Waals surface area contributed by atoms with Crippen LogP contribution in [0, 0.1) is 12.8 Å². The molecule has 0 spiro atoms. The van der Waals surface area contributed by atoms with Gasteiger partial charge in [0.2, 0.25) is 5.91 Å². The number of rotatable bonds is 5. The Morgan fingerprint density at radius 1 is 1.08 bits per heavy atom. The van der Waals surface area contributed by atoms with Gasteiger partial charge in [-0.2, -0.15) is 5.10 Å². The van der Waals surface area contributed by atoms with Crippen LogP contribution in [0.25, 0.3) is 0 Å². The third-order valence-corrected chi connectivity index (χ3v) is 5.44. The number of nitrogens with one attached hydrogen (secondary N) is 2. The molecule has 0 unspecified atom stereocenters. The van der Waals surface area contributed by atoms with E-state index in [2.05, 4.69) is 15.8 Å². The molecular formula is C20H23N3O2S. The van der Waals surface area contributed by atoms with Crippen LogP contribution in [0.15, 0.2) is 41.5 Å². The highest BCUT2D eigenvalue weighted by Crippen LogP contribution is 2.25. The average Bonchev–Trinajstić information content (AvgIpc) is 3.08. The van der Waals surface area contributed by atoms with Crippen molar-refractivity contribution in [3.8, 4) is 0 Å². The average molecular weight is 369 g/mol. The molecule has 2 aromatic rings. The Bertz CT molecular complexity index is 790. The third-order valence-electron chi connectivity index (χ3n) is 4.51. The van der Waals surface area contributed by atoms with E-state index < -0.39 is 0 Å². The van der Waals surface area contributed by atoms with E-state index in [1.54, 1.807) is 41.8 Å². The molecule has 0 saturated heterocycles. The number of aryl methyl sites for hydroxylation is 1. The molecule has 1 aliphatic carbocycles. The summed E-state index contributed by atoms with van der Waals surface area (Å²) in [7, 11) is 0. The van der Waals surface area contributed by atoms with Crippen LogP contribution in [-0.2, 0) is 4.79 Å². The molecule has 1 saturated carbocycles. The zero-order valence-electron chi connectivity index (χ0n) is 14.8. The number of amides is 2. The fourth-order valence-corrected chi connectivity index (χ4v) is 3.81. The molecule has 2 amide bonds. The van der Waals surface area contributed by atoms with Crippen molar-refractivity contribution < 1.29 is 9.59 Å². The van der Waals surface area contributed by atoms with Gasteiger partial charge in [-0.3, -0.25) is 9.59 Å². The van der Waals surface area contributed by atoms with Crippen molar-refractivity contribution in [2.75, 3.05) is 5.32 Å². The van der Waals surface area contributed by atoms with E-state index in [-0.39, 0.29) is 17.7 Å². The largest absolute Gasteiger partial charge is 0.326 e. The number of hydrogen-bond acceptors (Lipinski definition) is 4. The molecule has 0 atom stereocenters. The van der Waals surface area contributed by atoms with Crippen LogP contribution >= 0.6 is 11.3 Å². The van der Waals surface area contributed by atoms with E-state index >= 15 is 0 Å². The molecule has 6 heteroatoms. The van der Waals surface area contributed by atoms with Gasteiger partial charge >= 0.3 is 0 Å². The number of carbonyl (C=O) groups is 2. The summed E-state index contributed by atoms with van der Waals surface area (Å²) in [6.45, 7) is 2.02. The summed E-state index contributed by atoms with van der Waals surface area (Å²) in [5.74, 6) is -0.0839. The monoisotopic (exact) mass is 369 g/mol. The quantitative estimate of drug-likeness (QED) is 0.608. The molecule has 1 aliphatic rings. The van der Waals surface area contributed by atoms with E-state index in [0.29, 0.717) is 5.56 Å². The van der Waals surface area contributed by atoms with Gasteiger partial charge in [-0.1, -0.05) is 19.3 Å². The van der Waals surface area contributed by atoms with Crippen molar-refractivity contribution in [3.05, 3.63) is 51.7 Å². The maximum Gasteiger partial charge on any atom is 0.271 e. The zero-order chi connectivity index (χ0) is 18.4. The molecule has 1 aromatic carbocycles. The van der Waals surface area contributed by atoms with Gasteiger partial charge in [-0.25, -0.2) is 5.43 Å². The molecule has 3 rings (SSSR count). The normalized spacial score (nSPS) is 15.1. The highest BCUT2D eigenvalue weighted by atomic mass is 32.1. The zero-order valence-corrected chi connectivity index (χ0v) is 15.6. The van der Waals surface area contributed by atoms with Crippen LogP contribution in [0.2, 0.25) is 0 Å². The topological polar surface area (TPSA) is 70.6 Å². The summed E-state index contributed by atoms with van der Waals surface area (Å²) in [5, 5.41) is 6.93. The Balaban J connectivity index is 1.52. The number of benzene rings is 1. The molecule has 2 N–H and O–H groups in total. The van der Waals surface area contributed by atoms with E-state index in [4.69, 9.17) is 0 Å². The van der Waals surface area contributed by atoms with E-state index in [1.807, 2.05) is 19.1 Å². The molecule has 1 fully saturated rings. The van der Waals surface area contributed by atoms with E-state index in [0.717, 1.165) is 36.2 Å². The lowest BCUT2D eigenvalue weighted by Crippen LogP contribution is -2.24. The summed E-state index contributed by atoms with van der Waals surface area (Å²) in [6, 6.07) is 10.9. The van der Waals surface area contributed by atoms with Gasteiger partial charge < -0.3 is 5.32 Å². The van der Waals surface area contributed by atoms with Crippen LogP contribution < -0.4 is 10.7 Å². The Kier molecular flexibility index (Phi) is 6.17.